The first-order chi connectivity index (χ1) is 19.2. The molecule has 4 rings (SSSR count). The third-order valence-electron chi connectivity index (χ3n) is 6.11. The molecule has 40 heavy (non-hydrogen) atoms. The quantitative estimate of drug-likeness (QED) is 0.187. The van der Waals surface area contributed by atoms with Crippen LogP contribution in [0.5, 0.6) is 5.75 Å². The zero-order valence-corrected chi connectivity index (χ0v) is 23.0. The van der Waals surface area contributed by atoms with E-state index in [1.165, 1.54) is 13.2 Å². The van der Waals surface area contributed by atoms with Crippen molar-refractivity contribution in [1.29, 1.82) is 0 Å². The minimum absolute atomic E-state index is 0.116. The number of ether oxygens (including phenoxy) is 2. The summed E-state index contributed by atoms with van der Waals surface area (Å²) >= 11 is 6.29. The molecule has 0 atom stereocenters. The number of rotatable bonds is 10. The van der Waals surface area contributed by atoms with Gasteiger partial charge in [0.15, 0.2) is 0 Å². The molecule has 0 saturated heterocycles. The summed E-state index contributed by atoms with van der Waals surface area (Å²) in [5.41, 5.74) is 2.53. The molecular weight excluding hydrogens is 534 g/mol. The van der Waals surface area contributed by atoms with Crippen molar-refractivity contribution in [2.75, 3.05) is 29.3 Å². The number of esters is 1. The lowest BCUT2D eigenvalue weighted by molar-refractivity contribution is -0.120. The lowest BCUT2D eigenvalue weighted by Gasteiger charge is -2.18. The average molecular weight is 562 g/mol. The monoisotopic (exact) mass is 561 g/mol. The molecule has 3 aromatic carbocycles. The summed E-state index contributed by atoms with van der Waals surface area (Å²) in [6.45, 7) is 4.20. The summed E-state index contributed by atoms with van der Waals surface area (Å²) in [6, 6.07) is 17.9. The first kappa shape index (κ1) is 28.4. The second-order valence-corrected chi connectivity index (χ2v) is 9.41. The Morgan fingerprint density at radius 2 is 1.68 bits per heavy atom. The number of methoxy groups -OCH3 is 1. The van der Waals surface area contributed by atoms with Crippen molar-refractivity contribution in [2.24, 2.45) is 0 Å². The molecule has 3 amide bonds. The third-order valence-corrected chi connectivity index (χ3v) is 6.46. The van der Waals surface area contributed by atoms with Crippen LogP contribution in [0.1, 0.15) is 46.0 Å². The van der Waals surface area contributed by atoms with Gasteiger partial charge in [0.25, 0.3) is 17.7 Å². The maximum atomic E-state index is 13.3. The van der Waals surface area contributed by atoms with Gasteiger partial charge in [-0.25, -0.2) is 9.69 Å². The van der Waals surface area contributed by atoms with Crippen molar-refractivity contribution in [1.82, 2.24) is 0 Å². The molecule has 9 nitrogen and oxygen atoms in total. The first-order valence-electron chi connectivity index (χ1n) is 12.6. The van der Waals surface area contributed by atoms with Crippen LogP contribution in [0.3, 0.4) is 0 Å². The Labute approximate surface area is 236 Å². The largest absolute Gasteiger partial charge is 0.495 e. The minimum Gasteiger partial charge on any atom is -0.495 e. The molecule has 0 saturated carbocycles. The van der Waals surface area contributed by atoms with Crippen LogP contribution in [-0.4, -0.2) is 37.4 Å². The van der Waals surface area contributed by atoms with E-state index in [2.05, 4.69) is 10.6 Å². The lowest BCUT2D eigenvalue weighted by atomic mass is 10.1. The Balaban J connectivity index is 1.46. The van der Waals surface area contributed by atoms with E-state index in [0.29, 0.717) is 34.9 Å². The summed E-state index contributed by atoms with van der Waals surface area (Å²) in [5, 5.41) is 5.37. The van der Waals surface area contributed by atoms with Gasteiger partial charge in [-0.3, -0.25) is 14.4 Å². The maximum Gasteiger partial charge on any atom is 0.338 e. The highest BCUT2D eigenvalue weighted by atomic mass is 35.5. The van der Waals surface area contributed by atoms with E-state index in [4.69, 9.17) is 21.1 Å². The molecule has 3 aromatic rings. The highest BCUT2D eigenvalue weighted by molar-refractivity contribution is 6.53. The van der Waals surface area contributed by atoms with Gasteiger partial charge in [-0.2, -0.15) is 0 Å². The van der Waals surface area contributed by atoms with Crippen LogP contribution in [0.2, 0.25) is 0 Å². The molecule has 0 aromatic heterocycles. The number of imide groups is 1. The van der Waals surface area contributed by atoms with Crippen molar-refractivity contribution in [3.05, 3.63) is 94.1 Å². The number of halogens is 1. The van der Waals surface area contributed by atoms with Crippen molar-refractivity contribution in [2.45, 2.75) is 26.7 Å². The van der Waals surface area contributed by atoms with Crippen LogP contribution in [0.4, 0.5) is 17.1 Å². The fraction of sp³-hybridized carbons (Fsp3) is 0.200. The number of carbonyl (C=O) groups is 4. The molecule has 0 fully saturated rings. The van der Waals surface area contributed by atoms with Crippen LogP contribution in [0.15, 0.2) is 77.5 Å². The van der Waals surface area contributed by atoms with Gasteiger partial charge < -0.3 is 20.1 Å². The second kappa shape index (κ2) is 12.5. The van der Waals surface area contributed by atoms with Gasteiger partial charge in [-0.1, -0.05) is 37.1 Å². The zero-order valence-electron chi connectivity index (χ0n) is 22.2. The molecule has 0 spiro atoms. The molecule has 1 aliphatic rings. The number of aryl methyl sites for hydroxylation is 1. The fourth-order valence-corrected chi connectivity index (χ4v) is 4.19. The molecular formula is C30H28ClN3O6. The molecule has 1 heterocycles. The van der Waals surface area contributed by atoms with E-state index >= 15 is 0 Å². The van der Waals surface area contributed by atoms with E-state index in [1.807, 2.05) is 13.8 Å². The Morgan fingerprint density at radius 3 is 2.38 bits per heavy atom. The number of nitrogens with zero attached hydrogens (tertiary/aromatic N) is 1. The van der Waals surface area contributed by atoms with Gasteiger partial charge in [-0.05, 0) is 73.5 Å². The van der Waals surface area contributed by atoms with Crippen LogP contribution in [0, 0.1) is 6.92 Å². The summed E-state index contributed by atoms with van der Waals surface area (Å²) in [7, 11) is 1.45. The number of benzene rings is 3. The van der Waals surface area contributed by atoms with E-state index in [-0.39, 0.29) is 16.4 Å². The number of carbonyl (C=O) groups excluding carboxylic acids is 4. The minimum atomic E-state index is -0.690. The molecule has 0 radical (unpaired) electrons. The number of hydrogen-bond acceptors (Lipinski definition) is 7. The van der Waals surface area contributed by atoms with Gasteiger partial charge in [0.05, 0.1) is 25.0 Å². The Bertz CT molecular complexity index is 1500. The molecule has 10 heteroatoms. The Hall–Kier alpha value is -4.63. The molecule has 206 valence electrons. The van der Waals surface area contributed by atoms with Crippen LogP contribution < -0.4 is 20.3 Å². The number of nitrogens with one attached hydrogen (secondary N) is 2. The Kier molecular flexibility index (Phi) is 8.86. The van der Waals surface area contributed by atoms with Crippen LogP contribution in [-0.2, 0) is 14.3 Å². The lowest BCUT2D eigenvalue weighted by Crippen LogP contribution is -2.32. The molecule has 1 aliphatic heterocycles. The zero-order chi connectivity index (χ0) is 28.8. The van der Waals surface area contributed by atoms with Gasteiger partial charge in [0.1, 0.15) is 16.5 Å². The van der Waals surface area contributed by atoms with Crippen LogP contribution in [0.25, 0.3) is 0 Å². The highest BCUT2D eigenvalue weighted by Gasteiger charge is 2.40. The number of anilines is 3. The van der Waals surface area contributed by atoms with Crippen LogP contribution >= 0.6 is 11.6 Å². The molecule has 0 aliphatic carbocycles. The predicted molar refractivity (Wildman–Crippen MR) is 153 cm³/mol. The summed E-state index contributed by atoms with van der Waals surface area (Å²) in [5.74, 6) is -1.83. The summed E-state index contributed by atoms with van der Waals surface area (Å²) in [6.07, 6.45) is 1.72. The number of unbranched alkanes of at least 4 members (excludes halogenated alkanes) is 1. The standard InChI is InChI=1S/C30H28ClN3O6/c1-4-5-15-40-30(38)19-10-12-21(13-11-19)33-27(35)20-7-6-8-22(17-20)32-26-25(31)28(36)34(29(26)37)23-16-18(2)9-14-24(23)39-3/h6-14,16-17,32H,4-5,15H2,1-3H3,(H,33,35). The second-order valence-electron chi connectivity index (χ2n) is 9.04. The van der Waals surface area contributed by atoms with Crippen molar-refractivity contribution in [3.63, 3.8) is 0 Å². The van der Waals surface area contributed by atoms with Crippen molar-refractivity contribution < 1.29 is 28.7 Å². The van der Waals surface area contributed by atoms with Gasteiger partial charge in [-0.15, -0.1) is 0 Å². The van der Waals surface area contributed by atoms with Gasteiger partial charge >= 0.3 is 5.97 Å². The topological polar surface area (TPSA) is 114 Å². The van der Waals surface area contributed by atoms with E-state index in [9.17, 15) is 19.2 Å². The van der Waals surface area contributed by atoms with E-state index in [0.717, 1.165) is 23.3 Å². The number of hydrogen-bond donors (Lipinski definition) is 2. The van der Waals surface area contributed by atoms with Crippen molar-refractivity contribution in [3.8, 4) is 5.75 Å². The van der Waals surface area contributed by atoms with Gasteiger partial charge in [0.2, 0.25) is 0 Å². The third kappa shape index (κ3) is 6.16. The van der Waals surface area contributed by atoms with Crippen molar-refractivity contribution >= 4 is 52.4 Å². The molecule has 0 unspecified atom stereocenters. The van der Waals surface area contributed by atoms with E-state index < -0.39 is 23.7 Å². The smallest absolute Gasteiger partial charge is 0.338 e. The normalized spacial score (nSPS) is 12.9. The molecule has 2 N–H and O–H groups in total. The average Bonchev–Trinajstić information content (AvgIpc) is 3.16. The predicted octanol–water partition coefficient (Wildman–Crippen LogP) is 5.65. The summed E-state index contributed by atoms with van der Waals surface area (Å²) in [4.78, 5) is 52.1. The SMILES string of the molecule is CCCCOC(=O)c1ccc(NC(=O)c2cccc(NC3=C(Cl)C(=O)N(c4cc(C)ccc4OC)C3=O)c2)cc1. The van der Waals surface area contributed by atoms with E-state index in [1.54, 1.807) is 60.7 Å². The highest BCUT2D eigenvalue weighted by Crippen LogP contribution is 2.36. The number of amides is 3. The molecule has 0 bridgehead atoms. The first-order valence-corrected chi connectivity index (χ1v) is 13.0. The Morgan fingerprint density at radius 1 is 0.925 bits per heavy atom. The summed E-state index contributed by atoms with van der Waals surface area (Å²) < 4.78 is 10.5. The fourth-order valence-electron chi connectivity index (χ4n) is 3.97. The van der Waals surface area contributed by atoms with Gasteiger partial charge in [0, 0.05) is 16.9 Å². The maximum absolute atomic E-state index is 13.3.